The molecule has 0 fully saturated rings. The normalized spacial score (nSPS) is 11.6. The van der Waals surface area contributed by atoms with Crippen LogP contribution in [0.4, 0.5) is 0 Å². The first kappa shape index (κ1) is 31.9. The van der Waals surface area contributed by atoms with Crippen molar-refractivity contribution < 1.29 is 8.83 Å². The zero-order valence-electron chi connectivity index (χ0n) is 30.1. The molecule has 262 valence electrons. The van der Waals surface area contributed by atoms with E-state index in [-0.39, 0.29) is 0 Å². The first-order valence-electron chi connectivity index (χ1n) is 18.7. The lowest BCUT2D eigenvalue weighted by Crippen LogP contribution is -2.00. The Morgan fingerprint density at radius 1 is 0.268 bits per heavy atom. The van der Waals surface area contributed by atoms with Crippen LogP contribution in [0.25, 0.3) is 111 Å². The molecular formula is C51H31N3O2. The minimum absolute atomic E-state index is 0.580. The van der Waals surface area contributed by atoms with Crippen molar-refractivity contribution in [2.24, 2.45) is 0 Å². The highest BCUT2D eigenvalue weighted by molar-refractivity contribution is 6.14. The topological polar surface area (TPSA) is 65.0 Å². The molecule has 0 saturated heterocycles. The monoisotopic (exact) mass is 717 g/mol. The maximum absolute atomic E-state index is 6.65. The number of fused-ring (bicyclic) bond motifs is 6. The maximum atomic E-state index is 6.65. The van der Waals surface area contributed by atoms with Crippen LogP contribution in [0.3, 0.4) is 0 Å². The summed E-state index contributed by atoms with van der Waals surface area (Å²) in [7, 11) is 0. The van der Waals surface area contributed by atoms with Crippen molar-refractivity contribution >= 4 is 43.9 Å². The second-order valence-electron chi connectivity index (χ2n) is 14.0. The van der Waals surface area contributed by atoms with E-state index < -0.39 is 0 Å². The molecule has 3 heterocycles. The molecular weight excluding hydrogens is 687 g/mol. The third kappa shape index (κ3) is 5.45. The van der Waals surface area contributed by atoms with Gasteiger partial charge in [0.05, 0.1) is 0 Å². The maximum Gasteiger partial charge on any atom is 0.164 e. The van der Waals surface area contributed by atoms with E-state index >= 15 is 0 Å². The molecule has 0 atom stereocenters. The third-order valence-electron chi connectivity index (χ3n) is 10.6. The van der Waals surface area contributed by atoms with Gasteiger partial charge in [0.2, 0.25) is 0 Å². The van der Waals surface area contributed by atoms with Gasteiger partial charge in [0.25, 0.3) is 0 Å². The molecule has 5 heteroatoms. The van der Waals surface area contributed by atoms with Gasteiger partial charge in [0, 0.05) is 38.2 Å². The average molecular weight is 718 g/mol. The molecule has 0 amide bonds. The Morgan fingerprint density at radius 3 is 1.54 bits per heavy atom. The van der Waals surface area contributed by atoms with Crippen LogP contribution in [0.2, 0.25) is 0 Å². The number of rotatable bonds is 6. The van der Waals surface area contributed by atoms with Gasteiger partial charge in [-0.05, 0) is 75.8 Å². The first-order valence-corrected chi connectivity index (χ1v) is 18.7. The Morgan fingerprint density at radius 2 is 0.768 bits per heavy atom. The molecule has 56 heavy (non-hydrogen) atoms. The van der Waals surface area contributed by atoms with Crippen molar-refractivity contribution in [2.45, 2.75) is 0 Å². The molecule has 0 aliphatic carbocycles. The van der Waals surface area contributed by atoms with Crippen LogP contribution in [0.5, 0.6) is 0 Å². The van der Waals surface area contributed by atoms with Crippen molar-refractivity contribution in [3.8, 4) is 67.5 Å². The van der Waals surface area contributed by atoms with Crippen molar-refractivity contribution in [2.75, 3.05) is 0 Å². The summed E-state index contributed by atoms with van der Waals surface area (Å²) in [5.74, 6) is 1.80. The van der Waals surface area contributed by atoms with Gasteiger partial charge >= 0.3 is 0 Å². The van der Waals surface area contributed by atoms with Crippen LogP contribution in [0.1, 0.15) is 0 Å². The van der Waals surface area contributed by atoms with Gasteiger partial charge in [0.15, 0.2) is 17.5 Å². The highest BCUT2D eigenvalue weighted by Gasteiger charge is 2.18. The zero-order valence-corrected chi connectivity index (χ0v) is 30.1. The lowest BCUT2D eigenvalue weighted by atomic mass is 9.91. The largest absolute Gasteiger partial charge is 0.456 e. The van der Waals surface area contributed by atoms with Crippen LogP contribution in [0, 0.1) is 0 Å². The number of furan rings is 2. The fraction of sp³-hybridized carbons (Fsp3) is 0. The summed E-state index contributed by atoms with van der Waals surface area (Å²) < 4.78 is 12.9. The van der Waals surface area contributed by atoms with Crippen LogP contribution >= 0.6 is 0 Å². The van der Waals surface area contributed by atoms with Crippen LogP contribution < -0.4 is 0 Å². The molecule has 0 spiro atoms. The van der Waals surface area contributed by atoms with E-state index in [0.717, 1.165) is 93.9 Å². The standard InChI is InChI=1S/C51H31N3O2/c1-3-13-32(14-4-1)34-17-11-18-36(29-34)50-52-49(33-15-5-2-6-16-33)53-51(54-50)37-26-28-41-40-27-25-35(30-46(40)56-47(41)31-37)38-19-7-8-20-39(38)42-22-12-24-45-48(42)43-21-9-10-23-44(43)55-45/h1-31H. The molecule has 8 aromatic carbocycles. The second kappa shape index (κ2) is 13.0. The minimum atomic E-state index is 0.580. The Bertz CT molecular complexity index is 3250. The van der Waals surface area contributed by atoms with Gasteiger partial charge in [-0.15, -0.1) is 0 Å². The van der Waals surface area contributed by atoms with Gasteiger partial charge in [-0.2, -0.15) is 0 Å². The number of nitrogens with zero attached hydrogens (tertiary/aromatic N) is 3. The summed E-state index contributed by atoms with van der Waals surface area (Å²) >= 11 is 0. The van der Waals surface area contributed by atoms with Crippen molar-refractivity contribution in [1.82, 2.24) is 15.0 Å². The lowest BCUT2D eigenvalue weighted by molar-refractivity contribution is 0.668. The Kier molecular flexibility index (Phi) is 7.42. The van der Waals surface area contributed by atoms with Gasteiger partial charge in [0.1, 0.15) is 22.3 Å². The summed E-state index contributed by atoms with van der Waals surface area (Å²) in [4.78, 5) is 15.0. The van der Waals surface area contributed by atoms with Gasteiger partial charge in [-0.1, -0.05) is 146 Å². The molecule has 11 rings (SSSR count). The molecule has 0 aliphatic heterocycles. The van der Waals surface area contributed by atoms with E-state index in [9.17, 15) is 0 Å². The highest BCUT2D eigenvalue weighted by atomic mass is 16.3. The van der Waals surface area contributed by atoms with Crippen molar-refractivity contribution in [3.63, 3.8) is 0 Å². The molecule has 5 nitrogen and oxygen atoms in total. The van der Waals surface area contributed by atoms with E-state index in [2.05, 4.69) is 127 Å². The number of hydrogen-bond acceptors (Lipinski definition) is 5. The van der Waals surface area contributed by atoms with Crippen LogP contribution in [-0.2, 0) is 0 Å². The summed E-state index contributed by atoms with van der Waals surface area (Å²) in [5, 5.41) is 4.31. The molecule has 0 radical (unpaired) electrons. The summed E-state index contributed by atoms with van der Waals surface area (Å²) in [6, 6.07) is 64.6. The summed E-state index contributed by atoms with van der Waals surface area (Å²) in [5.41, 5.74) is 12.7. The van der Waals surface area contributed by atoms with Crippen molar-refractivity contribution in [1.29, 1.82) is 0 Å². The highest BCUT2D eigenvalue weighted by Crippen LogP contribution is 2.42. The molecule has 0 N–H and O–H groups in total. The molecule has 3 aromatic heterocycles. The predicted molar refractivity (Wildman–Crippen MR) is 227 cm³/mol. The molecule has 0 aliphatic rings. The Balaban J connectivity index is 1.01. The van der Waals surface area contributed by atoms with Crippen molar-refractivity contribution in [3.05, 3.63) is 188 Å². The van der Waals surface area contributed by atoms with E-state index in [1.807, 2.05) is 60.7 Å². The van der Waals surface area contributed by atoms with E-state index in [1.54, 1.807) is 0 Å². The Hall–Kier alpha value is -7.63. The quantitative estimate of drug-likeness (QED) is 0.171. The number of aromatic nitrogens is 3. The van der Waals surface area contributed by atoms with Gasteiger partial charge < -0.3 is 8.83 Å². The summed E-state index contributed by atoms with van der Waals surface area (Å²) in [6.07, 6.45) is 0. The SMILES string of the molecule is c1ccc(-c2cccc(-c3nc(-c4ccccc4)nc(-c4ccc5c(c4)oc4cc(-c6ccccc6-c6cccc7oc8ccccc8c67)ccc45)n3)c2)cc1. The fourth-order valence-corrected chi connectivity index (χ4v) is 7.87. The lowest BCUT2D eigenvalue weighted by Gasteiger charge is -2.11. The second-order valence-corrected chi connectivity index (χ2v) is 14.0. The molecule has 0 saturated carbocycles. The summed E-state index contributed by atoms with van der Waals surface area (Å²) in [6.45, 7) is 0. The number of para-hydroxylation sites is 1. The third-order valence-corrected chi connectivity index (χ3v) is 10.6. The van der Waals surface area contributed by atoms with Crippen LogP contribution in [-0.4, -0.2) is 15.0 Å². The van der Waals surface area contributed by atoms with E-state index in [4.69, 9.17) is 23.8 Å². The van der Waals surface area contributed by atoms with Crippen LogP contribution in [0.15, 0.2) is 197 Å². The minimum Gasteiger partial charge on any atom is -0.456 e. The van der Waals surface area contributed by atoms with E-state index in [0.29, 0.717) is 17.5 Å². The van der Waals surface area contributed by atoms with E-state index in [1.165, 1.54) is 0 Å². The predicted octanol–water partition coefficient (Wildman–Crippen LogP) is 13.7. The molecule has 0 bridgehead atoms. The fourth-order valence-electron chi connectivity index (χ4n) is 7.87. The smallest absolute Gasteiger partial charge is 0.164 e. The zero-order chi connectivity index (χ0) is 37.0. The number of benzene rings is 8. The van der Waals surface area contributed by atoms with Gasteiger partial charge in [-0.3, -0.25) is 0 Å². The molecule has 0 unspecified atom stereocenters. The number of hydrogen-bond donors (Lipinski definition) is 0. The van der Waals surface area contributed by atoms with Gasteiger partial charge in [-0.25, -0.2) is 15.0 Å². The average Bonchev–Trinajstić information content (AvgIpc) is 3.85. The Labute approximate surface area is 322 Å². The molecule has 11 aromatic rings. The first-order chi connectivity index (χ1) is 27.7.